The Bertz CT molecular complexity index is 500. The van der Waals surface area contributed by atoms with Gasteiger partial charge in [0.25, 0.3) is 0 Å². The number of rotatable bonds is 4. The van der Waals surface area contributed by atoms with Crippen molar-refractivity contribution in [3.8, 4) is 0 Å². The number of urea groups is 1. The highest BCUT2D eigenvalue weighted by molar-refractivity contribution is 5.75. The van der Waals surface area contributed by atoms with Crippen LogP contribution in [0, 0.1) is 0 Å². The molecule has 0 aromatic heterocycles. The van der Waals surface area contributed by atoms with Gasteiger partial charge in [-0.3, -0.25) is 0 Å². The summed E-state index contributed by atoms with van der Waals surface area (Å²) in [6.45, 7) is 2.64. The van der Waals surface area contributed by atoms with E-state index in [0.29, 0.717) is 6.54 Å². The van der Waals surface area contributed by atoms with Crippen LogP contribution in [-0.2, 0) is 0 Å². The Labute approximate surface area is 120 Å². The van der Waals surface area contributed by atoms with E-state index in [4.69, 9.17) is 0 Å². The van der Waals surface area contributed by atoms with E-state index in [0.717, 1.165) is 11.1 Å². The molecule has 3 nitrogen and oxygen atoms in total. The summed E-state index contributed by atoms with van der Waals surface area (Å²) >= 11 is 0. The van der Waals surface area contributed by atoms with Gasteiger partial charge in [0.1, 0.15) is 0 Å². The van der Waals surface area contributed by atoms with E-state index in [1.54, 1.807) is 11.9 Å². The third kappa shape index (κ3) is 3.38. The molecule has 3 heteroatoms. The van der Waals surface area contributed by atoms with Crippen LogP contribution < -0.4 is 5.32 Å². The second-order valence-corrected chi connectivity index (χ2v) is 4.72. The number of hydrogen-bond acceptors (Lipinski definition) is 1. The maximum Gasteiger partial charge on any atom is 0.317 e. The van der Waals surface area contributed by atoms with E-state index < -0.39 is 0 Å². The molecule has 2 amide bonds. The second kappa shape index (κ2) is 6.75. The van der Waals surface area contributed by atoms with Gasteiger partial charge in [0.15, 0.2) is 0 Å². The molecule has 20 heavy (non-hydrogen) atoms. The molecule has 0 spiro atoms. The summed E-state index contributed by atoms with van der Waals surface area (Å²) < 4.78 is 0. The smallest absolute Gasteiger partial charge is 0.317 e. The van der Waals surface area contributed by atoms with Crippen LogP contribution >= 0.6 is 0 Å². The first-order chi connectivity index (χ1) is 9.72. The van der Waals surface area contributed by atoms with E-state index in [-0.39, 0.29) is 12.1 Å². The summed E-state index contributed by atoms with van der Waals surface area (Å²) in [7, 11) is 1.79. The maximum atomic E-state index is 12.1. The second-order valence-electron chi connectivity index (χ2n) is 4.72. The van der Waals surface area contributed by atoms with Gasteiger partial charge in [0.05, 0.1) is 6.04 Å². The van der Waals surface area contributed by atoms with Crippen molar-refractivity contribution in [2.45, 2.75) is 13.0 Å². The molecule has 1 N–H and O–H groups in total. The number of hydrogen-bond donors (Lipinski definition) is 1. The monoisotopic (exact) mass is 268 g/mol. The number of nitrogens with zero attached hydrogens (tertiary/aromatic N) is 1. The lowest BCUT2D eigenvalue weighted by Gasteiger charge is -2.23. The van der Waals surface area contributed by atoms with Crippen molar-refractivity contribution in [3.05, 3.63) is 71.8 Å². The minimum atomic E-state index is -0.126. The third-order valence-corrected chi connectivity index (χ3v) is 3.35. The van der Waals surface area contributed by atoms with Gasteiger partial charge in [0.2, 0.25) is 0 Å². The molecule has 0 heterocycles. The standard InChI is InChI=1S/C17H20N2O/c1-3-19(2)17(20)18-16(14-10-6-4-7-11-14)15-12-8-5-9-13-15/h4-13,16H,3H2,1-2H3,(H,18,20). The van der Waals surface area contributed by atoms with Crippen LogP contribution in [-0.4, -0.2) is 24.5 Å². The zero-order valence-corrected chi connectivity index (χ0v) is 11.9. The molecule has 0 aliphatic heterocycles. The van der Waals surface area contributed by atoms with Gasteiger partial charge in [-0.2, -0.15) is 0 Å². The van der Waals surface area contributed by atoms with Gasteiger partial charge < -0.3 is 10.2 Å². The Hall–Kier alpha value is -2.29. The van der Waals surface area contributed by atoms with E-state index >= 15 is 0 Å². The van der Waals surface area contributed by atoms with Crippen LogP contribution in [0.1, 0.15) is 24.1 Å². The summed E-state index contributed by atoms with van der Waals surface area (Å²) in [6.07, 6.45) is 0. The Morgan fingerprint density at radius 2 is 1.45 bits per heavy atom. The number of carbonyl (C=O) groups is 1. The van der Waals surface area contributed by atoms with Crippen molar-refractivity contribution in [3.63, 3.8) is 0 Å². The number of benzene rings is 2. The van der Waals surface area contributed by atoms with Gasteiger partial charge in [-0.25, -0.2) is 4.79 Å². The lowest BCUT2D eigenvalue weighted by molar-refractivity contribution is 0.208. The molecule has 0 bridgehead atoms. The first-order valence-corrected chi connectivity index (χ1v) is 6.84. The van der Waals surface area contributed by atoms with Gasteiger partial charge in [-0.15, -0.1) is 0 Å². The van der Waals surface area contributed by atoms with Crippen LogP contribution in [0.2, 0.25) is 0 Å². The predicted molar refractivity (Wildman–Crippen MR) is 81.6 cm³/mol. The van der Waals surface area contributed by atoms with Crippen molar-refractivity contribution in [2.75, 3.05) is 13.6 Å². The van der Waals surface area contributed by atoms with Crippen molar-refractivity contribution in [1.29, 1.82) is 0 Å². The Morgan fingerprint density at radius 1 is 1.00 bits per heavy atom. The molecule has 104 valence electrons. The molecule has 0 atom stereocenters. The Kier molecular flexibility index (Phi) is 4.77. The molecule has 2 aromatic carbocycles. The average molecular weight is 268 g/mol. The highest BCUT2D eigenvalue weighted by atomic mass is 16.2. The summed E-state index contributed by atoms with van der Waals surface area (Å²) in [4.78, 5) is 13.8. The topological polar surface area (TPSA) is 32.3 Å². The molecule has 0 aliphatic carbocycles. The molecular formula is C17H20N2O. The first-order valence-electron chi connectivity index (χ1n) is 6.84. The SMILES string of the molecule is CCN(C)C(=O)NC(c1ccccc1)c1ccccc1. The molecule has 0 saturated heterocycles. The number of amides is 2. The highest BCUT2D eigenvalue weighted by Crippen LogP contribution is 2.21. The molecule has 0 fully saturated rings. The fraction of sp³-hybridized carbons (Fsp3) is 0.235. The fourth-order valence-corrected chi connectivity index (χ4v) is 2.03. The lowest BCUT2D eigenvalue weighted by Crippen LogP contribution is -2.39. The minimum absolute atomic E-state index is 0.0646. The molecule has 2 aromatic rings. The van der Waals surface area contributed by atoms with Crippen LogP contribution in [0.4, 0.5) is 4.79 Å². The van der Waals surface area contributed by atoms with E-state index in [2.05, 4.69) is 5.32 Å². The van der Waals surface area contributed by atoms with Crippen LogP contribution in [0.15, 0.2) is 60.7 Å². The zero-order valence-electron chi connectivity index (χ0n) is 11.9. The molecule has 0 unspecified atom stereocenters. The van der Waals surface area contributed by atoms with Gasteiger partial charge >= 0.3 is 6.03 Å². The van der Waals surface area contributed by atoms with Crippen LogP contribution in [0.3, 0.4) is 0 Å². The van der Waals surface area contributed by atoms with Crippen LogP contribution in [0.25, 0.3) is 0 Å². The summed E-state index contributed by atoms with van der Waals surface area (Å²) in [5, 5.41) is 3.09. The van der Waals surface area contributed by atoms with E-state index in [1.807, 2.05) is 67.6 Å². The summed E-state index contributed by atoms with van der Waals surface area (Å²) in [5.74, 6) is 0. The first kappa shape index (κ1) is 14.1. The minimum Gasteiger partial charge on any atom is -0.328 e. The molecule has 2 rings (SSSR count). The van der Waals surface area contributed by atoms with E-state index in [9.17, 15) is 4.79 Å². The molecule has 0 saturated carbocycles. The summed E-state index contributed by atoms with van der Waals surface area (Å²) in [5.41, 5.74) is 2.16. The fourth-order valence-electron chi connectivity index (χ4n) is 2.03. The quantitative estimate of drug-likeness (QED) is 0.905. The Balaban J connectivity index is 2.28. The molecule has 0 aliphatic rings. The zero-order chi connectivity index (χ0) is 14.4. The average Bonchev–Trinajstić information content (AvgIpc) is 2.53. The third-order valence-electron chi connectivity index (χ3n) is 3.35. The predicted octanol–water partition coefficient (Wildman–Crippen LogP) is 3.44. The van der Waals surface area contributed by atoms with Crippen molar-refractivity contribution < 1.29 is 4.79 Å². The maximum absolute atomic E-state index is 12.1. The van der Waals surface area contributed by atoms with Gasteiger partial charge in [0, 0.05) is 13.6 Å². The Morgan fingerprint density at radius 3 is 1.85 bits per heavy atom. The van der Waals surface area contributed by atoms with Gasteiger partial charge in [-0.05, 0) is 18.1 Å². The van der Waals surface area contributed by atoms with Crippen molar-refractivity contribution in [2.24, 2.45) is 0 Å². The largest absolute Gasteiger partial charge is 0.328 e. The van der Waals surface area contributed by atoms with Crippen LogP contribution in [0.5, 0.6) is 0 Å². The highest BCUT2D eigenvalue weighted by Gasteiger charge is 2.17. The number of nitrogens with one attached hydrogen (secondary N) is 1. The molecular weight excluding hydrogens is 248 g/mol. The normalized spacial score (nSPS) is 10.3. The molecule has 0 radical (unpaired) electrons. The summed E-state index contributed by atoms with van der Waals surface area (Å²) in [6, 6.07) is 19.8. The van der Waals surface area contributed by atoms with E-state index in [1.165, 1.54) is 0 Å². The van der Waals surface area contributed by atoms with Crippen molar-refractivity contribution >= 4 is 6.03 Å². The van der Waals surface area contributed by atoms with Gasteiger partial charge in [-0.1, -0.05) is 60.7 Å². The lowest BCUT2D eigenvalue weighted by atomic mass is 9.99. The van der Waals surface area contributed by atoms with Crippen molar-refractivity contribution in [1.82, 2.24) is 10.2 Å². The number of carbonyl (C=O) groups excluding carboxylic acids is 1.